The van der Waals surface area contributed by atoms with Crippen molar-refractivity contribution in [2.45, 2.75) is 12.8 Å². The molecule has 142 valence electrons. The molecule has 0 atom stereocenters. The molecule has 0 spiro atoms. The second-order valence-corrected chi connectivity index (χ2v) is 5.93. The SMILES string of the molecule is COc1ccc(-c2ocnc2C(=O)NCCCc2cncc(F)c2)cc1C#N. The Balaban J connectivity index is 1.64. The van der Waals surface area contributed by atoms with E-state index in [1.54, 1.807) is 24.4 Å². The van der Waals surface area contributed by atoms with Gasteiger partial charge in [-0.15, -0.1) is 0 Å². The summed E-state index contributed by atoms with van der Waals surface area (Å²) in [5.41, 5.74) is 1.76. The summed E-state index contributed by atoms with van der Waals surface area (Å²) in [6.07, 6.45) is 5.12. The first-order valence-corrected chi connectivity index (χ1v) is 8.52. The average Bonchev–Trinajstić information content (AvgIpc) is 3.20. The summed E-state index contributed by atoms with van der Waals surface area (Å²) in [5.74, 6) is -0.0740. The van der Waals surface area contributed by atoms with Gasteiger partial charge in [0, 0.05) is 18.3 Å². The van der Waals surface area contributed by atoms with Gasteiger partial charge in [0.25, 0.3) is 5.91 Å². The highest BCUT2D eigenvalue weighted by atomic mass is 19.1. The third-order valence-corrected chi connectivity index (χ3v) is 4.05. The predicted octanol–water partition coefficient (Wildman–Crippen LogP) is 3.12. The molecule has 0 saturated carbocycles. The number of ether oxygens (including phenoxy) is 1. The van der Waals surface area contributed by atoms with Crippen molar-refractivity contribution in [1.29, 1.82) is 5.26 Å². The molecule has 1 amide bonds. The van der Waals surface area contributed by atoms with Crippen LogP contribution in [0.15, 0.2) is 47.5 Å². The second kappa shape index (κ2) is 8.77. The van der Waals surface area contributed by atoms with E-state index in [1.807, 2.05) is 6.07 Å². The molecule has 0 unspecified atom stereocenters. The zero-order valence-corrected chi connectivity index (χ0v) is 15.1. The van der Waals surface area contributed by atoms with E-state index in [2.05, 4.69) is 15.3 Å². The van der Waals surface area contributed by atoms with Gasteiger partial charge in [-0.25, -0.2) is 9.37 Å². The molecule has 0 saturated heterocycles. The minimum absolute atomic E-state index is 0.126. The first-order chi connectivity index (χ1) is 13.6. The van der Waals surface area contributed by atoms with Gasteiger partial charge >= 0.3 is 0 Å². The van der Waals surface area contributed by atoms with Crippen molar-refractivity contribution in [1.82, 2.24) is 15.3 Å². The molecule has 2 heterocycles. The van der Waals surface area contributed by atoms with E-state index in [0.29, 0.717) is 36.3 Å². The maximum Gasteiger partial charge on any atom is 0.273 e. The van der Waals surface area contributed by atoms with Gasteiger partial charge in [-0.2, -0.15) is 5.26 Å². The van der Waals surface area contributed by atoms with Crippen molar-refractivity contribution in [3.8, 4) is 23.1 Å². The maximum absolute atomic E-state index is 13.1. The van der Waals surface area contributed by atoms with E-state index < -0.39 is 5.91 Å². The van der Waals surface area contributed by atoms with Crippen LogP contribution in [-0.4, -0.2) is 29.5 Å². The predicted molar refractivity (Wildman–Crippen MR) is 98.1 cm³/mol. The molecule has 7 nitrogen and oxygen atoms in total. The molecular formula is C20H17FN4O3. The first kappa shape index (κ1) is 19.0. The highest BCUT2D eigenvalue weighted by molar-refractivity contribution is 5.97. The van der Waals surface area contributed by atoms with Gasteiger partial charge in [0.05, 0.1) is 18.9 Å². The number of nitrogens with one attached hydrogen (secondary N) is 1. The lowest BCUT2D eigenvalue weighted by atomic mass is 10.1. The number of aryl methyl sites for hydroxylation is 1. The molecule has 0 radical (unpaired) electrons. The lowest BCUT2D eigenvalue weighted by Crippen LogP contribution is -2.25. The standard InChI is InChI=1S/C20H17FN4O3/c1-27-17-5-4-14(8-15(17)9-22)19-18(25-12-28-19)20(26)24-6-2-3-13-7-16(21)11-23-10-13/h4-5,7-8,10-12H,2-3,6H2,1H3,(H,24,26). The molecule has 0 aliphatic carbocycles. The fourth-order valence-corrected chi connectivity index (χ4v) is 2.72. The smallest absolute Gasteiger partial charge is 0.273 e. The molecule has 28 heavy (non-hydrogen) atoms. The van der Waals surface area contributed by atoms with Crippen LogP contribution in [0, 0.1) is 17.1 Å². The van der Waals surface area contributed by atoms with Gasteiger partial charge in [-0.1, -0.05) is 0 Å². The molecule has 0 aliphatic rings. The van der Waals surface area contributed by atoms with Crippen molar-refractivity contribution < 1.29 is 18.3 Å². The normalized spacial score (nSPS) is 10.3. The lowest BCUT2D eigenvalue weighted by Gasteiger charge is -2.07. The maximum atomic E-state index is 13.1. The Morgan fingerprint density at radius 1 is 1.36 bits per heavy atom. The molecule has 8 heteroatoms. The van der Waals surface area contributed by atoms with Crippen molar-refractivity contribution >= 4 is 5.91 Å². The third kappa shape index (κ3) is 4.32. The summed E-state index contributed by atoms with van der Waals surface area (Å²) < 4.78 is 23.6. The number of benzene rings is 1. The average molecular weight is 380 g/mol. The molecule has 3 rings (SSSR count). The van der Waals surface area contributed by atoms with E-state index in [1.165, 1.54) is 19.6 Å². The number of halogens is 1. The molecule has 3 aromatic rings. The minimum Gasteiger partial charge on any atom is -0.495 e. The molecular weight excluding hydrogens is 363 g/mol. The number of hydrogen-bond acceptors (Lipinski definition) is 6. The number of carbonyl (C=O) groups is 1. The Labute approximate surface area is 160 Å². The Kier molecular flexibility index (Phi) is 5.97. The van der Waals surface area contributed by atoms with Crippen molar-refractivity contribution in [2.75, 3.05) is 13.7 Å². The molecule has 2 aromatic heterocycles. The van der Waals surface area contributed by atoms with Crippen LogP contribution >= 0.6 is 0 Å². The van der Waals surface area contributed by atoms with Crippen molar-refractivity contribution in [2.24, 2.45) is 0 Å². The van der Waals surface area contributed by atoms with E-state index in [9.17, 15) is 14.4 Å². The van der Waals surface area contributed by atoms with Crippen LogP contribution in [0.25, 0.3) is 11.3 Å². The number of rotatable bonds is 7. The summed E-state index contributed by atoms with van der Waals surface area (Å²) in [5, 5.41) is 12.0. The first-order valence-electron chi connectivity index (χ1n) is 8.52. The fourth-order valence-electron chi connectivity index (χ4n) is 2.72. The summed E-state index contributed by atoms with van der Waals surface area (Å²) in [6, 6.07) is 8.35. The number of carbonyl (C=O) groups excluding carboxylic acids is 1. The third-order valence-electron chi connectivity index (χ3n) is 4.05. The topological polar surface area (TPSA) is 101 Å². The number of aromatic nitrogens is 2. The second-order valence-electron chi connectivity index (χ2n) is 5.93. The highest BCUT2D eigenvalue weighted by Crippen LogP contribution is 2.28. The van der Waals surface area contributed by atoms with Crippen LogP contribution in [0.2, 0.25) is 0 Å². The Morgan fingerprint density at radius 2 is 2.21 bits per heavy atom. The van der Waals surface area contributed by atoms with E-state index in [-0.39, 0.29) is 17.3 Å². The highest BCUT2D eigenvalue weighted by Gasteiger charge is 2.19. The molecule has 1 N–H and O–H groups in total. The van der Waals surface area contributed by atoms with Gasteiger partial charge in [-0.3, -0.25) is 9.78 Å². The van der Waals surface area contributed by atoms with Crippen LogP contribution in [0.4, 0.5) is 4.39 Å². The number of nitrogens with zero attached hydrogens (tertiary/aromatic N) is 3. The number of hydrogen-bond donors (Lipinski definition) is 1. The summed E-state index contributed by atoms with van der Waals surface area (Å²) in [6.45, 7) is 0.383. The van der Waals surface area contributed by atoms with Gasteiger partial charge in [0.1, 0.15) is 17.6 Å². The van der Waals surface area contributed by atoms with Crippen LogP contribution in [0.3, 0.4) is 0 Å². The van der Waals surface area contributed by atoms with Gasteiger partial charge in [-0.05, 0) is 42.7 Å². The van der Waals surface area contributed by atoms with E-state index in [4.69, 9.17) is 9.15 Å². The molecule has 1 aromatic carbocycles. The van der Waals surface area contributed by atoms with Crippen molar-refractivity contribution in [3.05, 3.63) is 65.7 Å². The lowest BCUT2D eigenvalue weighted by molar-refractivity contribution is 0.0949. The largest absolute Gasteiger partial charge is 0.495 e. The zero-order valence-electron chi connectivity index (χ0n) is 15.1. The number of nitriles is 1. The van der Waals surface area contributed by atoms with E-state index in [0.717, 1.165) is 11.8 Å². The van der Waals surface area contributed by atoms with E-state index >= 15 is 0 Å². The summed E-state index contributed by atoms with van der Waals surface area (Å²) in [4.78, 5) is 20.2. The zero-order chi connectivity index (χ0) is 19.9. The minimum atomic E-state index is -0.393. The number of methoxy groups -OCH3 is 1. The number of amides is 1. The quantitative estimate of drug-likeness (QED) is 0.632. The number of pyridine rings is 1. The van der Waals surface area contributed by atoms with Crippen molar-refractivity contribution in [3.63, 3.8) is 0 Å². The monoisotopic (exact) mass is 380 g/mol. The number of oxazole rings is 1. The fraction of sp³-hybridized carbons (Fsp3) is 0.200. The molecule has 0 bridgehead atoms. The Morgan fingerprint density at radius 3 is 2.96 bits per heavy atom. The van der Waals surface area contributed by atoms with Crippen LogP contribution in [-0.2, 0) is 6.42 Å². The van der Waals surface area contributed by atoms with Crippen LogP contribution < -0.4 is 10.1 Å². The van der Waals surface area contributed by atoms with Crippen LogP contribution in [0.1, 0.15) is 28.0 Å². The molecule has 0 aliphatic heterocycles. The van der Waals surface area contributed by atoms with Gasteiger partial charge in [0.2, 0.25) is 0 Å². The Bertz CT molecular complexity index is 1030. The Hall–Kier alpha value is -3.73. The summed E-state index contributed by atoms with van der Waals surface area (Å²) >= 11 is 0. The summed E-state index contributed by atoms with van der Waals surface area (Å²) in [7, 11) is 1.48. The van der Waals surface area contributed by atoms with Gasteiger partial charge in [0.15, 0.2) is 17.8 Å². The van der Waals surface area contributed by atoms with Crippen LogP contribution in [0.5, 0.6) is 5.75 Å². The van der Waals surface area contributed by atoms with Gasteiger partial charge < -0.3 is 14.5 Å². The molecule has 0 fully saturated rings.